The molecule has 1 aromatic heterocycles. The van der Waals surface area contributed by atoms with Crippen LogP contribution >= 0.6 is 0 Å². The van der Waals surface area contributed by atoms with E-state index in [0.717, 1.165) is 19.3 Å². The SMILES string of the molecule is CCN(CC)CCN1CN(CCOC)C(=O)c2c(O)c(=O)c(C(=O)O)cn21. The summed E-state index contributed by atoms with van der Waals surface area (Å²) in [4.78, 5) is 39.9. The van der Waals surface area contributed by atoms with Crippen LogP contribution in [0.2, 0.25) is 0 Å². The highest BCUT2D eigenvalue weighted by Gasteiger charge is 2.34. The van der Waals surface area contributed by atoms with Crippen molar-refractivity contribution in [2.75, 3.05) is 58.1 Å². The number of carboxylic acid groups (broad SMARTS) is 1. The van der Waals surface area contributed by atoms with Crippen molar-refractivity contribution in [1.82, 2.24) is 14.5 Å². The monoisotopic (exact) mass is 382 g/mol. The highest BCUT2D eigenvalue weighted by Crippen LogP contribution is 2.21. The molecule has 0 spiro atoms. The number of aromatic carboxylic acids is 1. The number of aromatic nitrogens is 1. The summed E-state index contributed by atoms with van der Waals surface area (Å²) in [6, 6.07) is 0. The van der Waals surface area contributed by atoms with Crippen molar-refractivity contribution in [2.24, 2.45) is 0 Å². The molecular formula is C17H26N4O6. The van der Waals surface area contributed by atoms with Crippen LogP contribution in [-0.2, 0) is 4.74 Å². The zero-order valence-electron chi connectivity index (χ0n) is 15.8. The average molecular weight is 382 g/mol. The van der Waals surface area contributed by atoms with Crippen LogP contribution < -0.4 is 10.4 Å². The summed E-state index contributed by atoms with van der Waals surface area (Å²) in [7, 11) is 1.52. The number of carbonyl (C=O) groups excluding carboxylic acids is 1. The van der Waals surface area contributed by atoms with Crippen molar-refractivity contribution in [1.29, 1.82) is 0 Å². The molecule has 1 amide bonds. The van der Waals surface area contributed by atoms with E-state index in [4.69, 9.17) is 4.74 Å². The number of rotatable bonds is 9. The molecule has 0 saturated carbocycles. The Hall–Kier alpha value is -2.59. The first-order valence-corrected chi connectivity index (χ1v) is 8.83. The van der Waals surface area contributed by atoms with E-state index in [0.29, 0.717) is 19.7 Å². The quantitative estimate of drug-likeness (QED) is 0.592. The van der Waals surface area contributed by atoms with Gasteiger partial charge in [-0.15, -0.1) is 0 Å². The number of fused-ring (bicyclic) bond motifs is 1. The number of amides is 1. The van der Waals surface area contributed by atoms with Gasteiger partial charge in [-0.05, 0) is 13.1 Å². The zero-order chi connectivity index (χ0) is 20.1. The molecule has 0 saturated heterocycles. The Morgan fingerprint density at radius 1 is 1.26 bits per heavy atom. The maximum absolute atomic E-state index is 12.7. The number of carbonyl (C=O) groups is 2. The van der Waals surface area contributed by atoms with E-state index < -0.39 is 28.6 Å². The van der Waals surface area contributed by atoms with Crippen LogP contribution in [0.3, 0.4) is 0 Å². The van der Waals surface area contributed by atoms with Crippen LogP contribution in [0, 0.1) is 0 Å². The average Bonchev–Trinajstić information content (AvgIpc) is 2.65. The molecule has 150 valence electrons. The third-order valence-electron chi connectivity index (χ3n) is 4.66. The molecule has 0 radical (unpaired) electrons. The number of pyridine rings is 1. The molecule has 2 heterocycles. The van der Waals surface area contributed by atoms with Crippen LogP contribution in [-0.4, -0.2) is 89.7 Å². The fourth-order valence-corrected chi connectivity index (χ4v) is 2.99. The van der Waals surface area contributed by atoms with Gasteiger partial charge in [0.15, 0.2) is 11.4 Å². The molecule has 2 N–H and O–H groups in total. The third kappa shape index (κ3) is 4.22. The van der Waals surface area contributed by atoms with Crippen molar-refractivity contribution < 1.29 is 24.5 Å². The molecule has 1 aromatic rings. The molecule has 0 unspecified atom stereocenters. The van der Waals surface area contributed by atoms with Crippen LogP contribution in [0.1, 0.15) is 34.7 Å². The predicted octanol–water partition coefficient (Wildman–Crippen LogP) is -0.408. The number of hydrogen-bond acceptors (Lipinski definition) is 7. The first-order valence-electron chi connectivity index (χ1n) is 8.83. The summed E-state index contributed by atoms with van der Waals surface area (Å²) in [5.74, 6) is -2.85. The lowest BCUT2D eigenvalue weighted by Crippen LogP contribution is -2.56. The van der Waals surface area contributed by atoms with Gasteiger partial charge in [0.25, 0.3) is 5.91 Å². The van der Waals surface area contributed by atoms with E-state index in [9.17, 15) is 24.6 Å². The van der Waals surface area contributed by atoms with E-state index in [1.807, 2.05) is 13.8 Å². The number of aromatic hydroxyl groups is 1. The number of methoxy groups -OCH3 is 1. The molecule has 1 aliphatic heterocycles. The van der Waals surface area contributed by atoms with E-state index in [1.54, 1.807) is 5.01 Å². The summed E-state index contributed by atoms with van der Waals surface area (Å²) >= 11 is 0. The Morgan fingerprint density at radius 3 is 2.48 bits per heavy atom. The van der Waals surface area contributed by atoms with Gasteiger partial charge in [0.1, 0.15) is 12.2 Å². The zero-order valence-corrected chi connectivity index (χ0v) is 15.8. The molecule has 0 fully saturated rings. The van der Waals surface area contributed by atoms with E-state index >= 15 is 0 Å². The predicted molar refractivity (Wildman–Crippen MR) is 98.0 cm³/mol. The Labute approximate surface area is 157 Å². The van der Waals surface area contributed by atoms with Crippen molar-refractivity contribution in [3.63, 3.8) is 0 Å². The van der Waals surface area contributed by atoms with Gasteiger partial charge in [-0.2, -0.15) is 0 Å². The fraction of sp³-hybridized carbons (Fsp3) is 0.588. The number of nitrogens with zero attached hydrogens (tertiary/aromatic N) is 4. The third-order valence-corrected chi connectivity index (χ3v) is 4.66. The van der Waals surface area contributed by atoms with Gasteiger partial charge >= 0.3 is 5.97 Å². The summed E-state index contributed by atoms with van der Waals surface area (Å²) in [5.41, 5.74) is -1.88. The highest BCUT2D eigenvalue weighted by atomic mass is 16.5. The minimum Gasteiger partial charge on any atom is -0.502 e. The second kappa shape index (κ2) is 8.87. The van der Waals surface area contributed by atoms with Crippen LogP contribution in [0.15, 0.2) is 11.0 Å². The van der Waals surface area contributed by atoms with Gasteiger partial charge in [-0.1, -0.05) is 13.8 Å². The lowest BCUT2D eigenvalue weighted by atomic mass is 10.2. The molecule has 27 heavy (non-hydrogen) atoms. The number of likely N-dealkylation sites (N-methyl/N-ethyl adjacent to an activating group) is 1. The van der Waals surface area contributed by atoms with Gasteiger partial charge in [0.2, 0.25) is 5.43 Å². The van der Waals surface area contributed by atoms with Gasteiger partial charge in [-0.25, -0.2) is 4.79 Å². The second-order valence-electron chi connectivity index (χ2n) is 6.18. The van der Waals surface area contributed by atoms with Crippen LogP contribution in [0.5, 0.6) is 5.75 Å². The summed E-state index contributed by atoms with van der Waals surface area (Å²) in [6.07, 6.45) is 1.10. The second-order valence-corrected chi connectivity index (χ2v) is 6.18. The standard InChI is InChI=1S/C17H26N4O6/c1-4-18(5-2)6-7-20-11-19(8-9-27-3)16(24)13-15(23)14(22)12(17(25)26)10-21(13)20/h10,23H,4-9,11H2,1-3H3,(H,25,26). The molecule has 1 aliphatic rings. The minimum absolute atomic E-state index is 0.192. The van der Waals surface area contributed by atoms with Crippen LogP contribution in [0.4, 0.5) is 0 Å². The van der Waals surface area contributed by atoms with Gasteiger partial charge in [0.05, 0.1) is 6.61 Å². The van der Waals surface area contributed by atoms with Gasteiger partial charge in [-0.3, -0.25) is 19.3 Å². The molecule has 2 rings (SSSR count). The van der Waals surface area contributed by atoms with Crippen molar-refractivity contribution >= 4 is 11.9 Å². The normalized spacial score (nSPS) is 14.0. The van der Waals surface area contributed by atoms with Gasteiger partial charge in [0, 0.05) is 32.9 Å². The number of ether oxygens (including phenoxy) is 1. The van der Waals surface area contributed by atoms with Crippen molar-refractivity contribution in [2.45, 2.75) is 13.8 Å². The molecule has 0 atom stereocenters. The summed E-state index contributed by atoms with van der Waals surface area (Å²) in [6.45, 7) is 7.69. The van der Waals surface area contributed by atoms with E-state index in [1.165, 1.54) is 16.7 Å². The first kappa shape index (κ1) is 20.7. The van der Waals surface area contributed by atoms with Crippen molar-refractivity contribution in [3.8, 4) is 5.75 Å². The highest BCUT2D eigenvalue weighted by molar-refractivity contribution is 5.97. The smallest absolute Gasteiger partial charge is 0.341 e. The maximum Gasteiger partial charge on any atom is 0.341 e. The molecule has 10 heteroatoms. The Bertz CT molecular complexity index is 759. The Morgan fingerprint density at radius 2 is 1.93 bits per heavy atom. The largest absolute Gasteiger partial charge is 0.502 e. The summed E-state index contributed by atoms with van der Waals surface area (Å²) in [5, 5.41) is 21.2. The lowest BCUT2D eigenvalue weighted by molar-refractivity contribution is 0.0612. The topological polar surface area (TPSA) is 116 Å². The summed E-state index contributed by atoms with van der Waals surface area (Å²) < 4.78 is 6.31. The molecule has 0 aliphatic carbocycles. The van der Waals surface area contributed by atoms with E-state index in [-0.39, 0.29) is 18.9 Å². The number of carboxylic acids is 1. The Balaban J connectivity index is 2.48. The lowest BCUT2D eigenvalue weighted by Gasteiger charge is -2.40. The number of hydrogen-bond donors (Lipinski definition) is 2. The van der Waals surface area contributed by atoms with Crippen LogP contribution in [0.25, 0.3) is 0 Å². The molecule has 0 bridgehead atoms. The van der Waals surface area contributed by atoms with E-state index in [2.05, 4.69) is 4.90 Å². The maximum atomic E-state index is 12.7. The molecule has 0 aromatic carbocycles. The minimum atomic E-state index is -1.46. The molecule has 10 nitrogen and oxygen atoms in total. The fourth-order valence-electron chi connectivity index (χ4n) is 2.99. The first-order chi connectivity index (χ1) is 12.8. The Kier molecular flexibility index (Phi) is 6.81. The molecular weight excluding hydrogens is 356 g/mol. The van der Waals surface area contributed by atoms with Gasteiger partial charge < -0.3 is 24.7 Å². The van der Waals surface area contributed by atoms with Crippen molar-refractivity contribution in [3.05, 3.63) is 27.7 Å².